The Kier molecular flexibility index (Phi) is 5.94. The maximum absolute atomic E-state index is 6.54. The molecule has 1 fully saturated rings. The minimum atomic E-state index is -0.393. The molecule has 5 atom stereocenters. The number of fused-ring (bicyclic) bond motifs is 12. The number of anilines is 2. The van der Waals surface area contributed by atoms with Crippen LogP contribution in [-0.4, -0.2) is 10.1 Å². The zero-order valence-electron chi connectivity index (χ0n) is 30.9. The summed E-state index contributed by atoms with van der Waals surface area (Å²) in [5.74, 6) is 2.96. The van der Waals surface area contributed by atoms with Crippen LogP contribution >= 0.6 is 0 Å². The number of rotatable bonds is 4. The number of hydrogen-bond acceptors (Lipinski definition) is 2. The zero-order valence-corrected chi connectivity index (χ0v) is 30.9. The SMILES string of the molecule is CC1(N(c2ccc3oc4c(c3c2)C2CC2C=C4)c2cccc3c2C2=C4CCC=CC4=CC4=CC=CC3C42)C=Cc2c(n(-c3ccccc3)c3ccccc23)C1. The summed E-state index contributed by atoms with van der Waals surface area (Å²) in [5, 5.41) is 2.58. The highest BCUT2D eigenvalue weighted by molar-refractivity contribution is 5.98. The first-order chi connectivity index (χ1) is 27.1. The van der Waals surface area contributed by atoms with Gasteiger partial charge in [0.05, 0.1) is 11.1 Å². The monoisotopic (exact) mass is 708 g/mol. The van der Waals surface area contributed by atoms with Crippen molar-refractivity contribution in [2.75, 3.05) is 4.90 Å². The number of nitrogens with zero attached hydrogens (tertiary/aromatic N) is 2. The van der Waals surface area contributed by atoms with Gasteiger partial charge in [-0.2, -0.15) is 0 Å². The van der Waals surface area contributed by atoms with Crippen molar-refractivity contribution in [2.45, 2.75) is 50.0 Å². The molecule has 0 bridgehead atoms. The van der Waals surface area contributed by atoms with Gasteiger partial charge in [-0.05, 0) is 114 Å². The van der Waals surface area contributed by atoms with Gasteiger partial charge >= 0.3 is 0 Å². The van der Waals surface area contributed by atoms with Gasteiger partial charge in [0.2, 0.25) is 0 Å². The average molecular weight is 709 g/mol. The van der Waals surface area contributed by atoms with Gasteiger partial charge in [0.1, 0.15) is 11.3 Å². The highest BCUT2D eigenvalue weighted by Gasteiger charge is 2.47. The second kappa shape index (κ2) is 10.8. The van der Waals surface area contributed by atoms with E-state index in [-0.39, 0.29) is 0 Å². The lowest BCUT2D eigenvalue weighted by Gasteiger charge is -2.44. The molecule has 6 aromatic rings. The predicted molar refractivity (Wildman–Crippen MR) is 226 cm³/mol. The van der Waals surface area contributed by atoms with E-state index in [0.29, 0.717) is 23.7 Å². The van der Waals surface area contributed by atoms with Gasteiger partial charge in [-0.25, -0.2) is 0 Å². The van der Waals surface area contributed by atoms with E-state index >= 15 is 0 Å². The first-order valence-electron chi connectivity index (χ1n) is 20.2. The molecule has 13 rings (SSSR count). The molecule has 7 aliphatic carbocycles. The summed E-state index contributed by atoms with van der Waals surface area (Å²) < 4.78 is 9.05. The Bertz CT molecular complexity index is 2920. The molecule has 0 radical (unpaired) electrons. The van der Waals surface area contributed by atoms with E-state index in [2.05, 4.69) is 168 Å². The Labute approximate surface area is 321 Å². The van der Waals surface area contributed by atoms with E-state index in [1.54, 1.807) is 5.57 Å². The average Bonchev–Trinajstić information content (AvgIpc) is 3.65. The molecular weight excluding hydrogens is 669 g/mol. The lowest BCUT2D eigenvalue weighted by molar-refractivity contribution is 0.548. The van der Waals surface area contributed by atoms with Crippen LogP contribution in [0.3, 0.4) is 0 Å². The van der Waals surface area contributed by atoms with Crippen molar-refractivity contribution in [1.82, 2.24) is 4.57 Å². The first kappa shape index (κ1) is 30.3. The van der Waals surface area contributed by atoms with Gasteiger partial charge in [-0.1, -0.05) is 103 Å². The van der Waals surface area contributed by atoms with Crippen LogP contribution in [0, 0.1) is 11.8 Å². The van der Waals surface area contributed by atoms with Gasteiger partial charge < -0.3 is 13.9 Å². The summed E-state index contributed by atoms with van der Waals surface area (Å²) in [6.07, 6.45) is 28.1. The summed E-state index contributed by atoms with van der Waals surface area (Å²) in [4.78, 5) is 2.72. The molecule has 3 heteroatoms. The molecule has 0 N–H and O–H groups in total. The van der Waals surface area contributed by atoms with E-state index in [0.717, 1.165) is 30.6 Å². The number of allylic oxidation sites excluding steroid dienone is 11. The molecule has 0 spiro atoms. The van der Waals surface area contributed by atoms with Crippen LogP contribution in [0.1, 0.15) is 71.7 Å². The van der Waals surface area contributed by atoms with Crippen molar-refractivity contribution in [3.05, 3.63) is 190 Å². The van der Waals surface area contributed by atoms with Crippen LogP contribution in [0.25, 0.3) is 45.3 Å². The van der Waals surface area contributed by atoms with E-state index in [1.807, 2.05) is 0 Å². The highest BCUT2D eigenvalue weighted by Crippen LogP contribution is 2.61. The molecule has 2 aromatic heterocycles. The van der Waals surface area contributed by atoms with E-state index in [4.69, 9.17) is 4.42 Å². The lowest BCUT2D eigenvalue weighted by atomic mass is 9.72. The Morgan fingerprint density at radius 1 is 0.873 bits per heavy atom. The number of aromatic nitrogens is 1. The van der Waals surface area contributed by atoms with Gasteiger partial charge in [0.15, 0.2) is 0 Å². The normalized spacial score (nSPS) is 25.9. The molecule has 0 aliphatic heterocycles. The standard InChI is InChI=1S/C52H40N2O/c1-52(26-25-38-37-16-7-8-19-43(37)53(45(38)30-52)34-13-3-2-4-14-34)54(35-22-24-46-42(29-35)49-41-28-32(41)21-23-47(49)55-46)44-20-10-18-40-39-17-9-12-33-27-31-11-5-6-15-36(31)51(48(33)39)50(40)44/h2-5,7-14,16-27,29,32,39,41,48H,6,15,28,30H2,1H3. The Morgan fingerprint density at radius 3 is 2.73 bits per heavy atom. The quantitative estimate of drug-likeness (QED) is 0.182. The smallest absolute Gasteiger partial charge is 0.135 e. The Morgan fingerprint density at radius 2 is 1.78 bits per heavy atom. The van der Waals surface area contributed by atoms with Crippen molar-refractivity contribution in [1.29, 1.82) is 0 Å². The summed E-state index contributed by atoms with van der Waals surface area (Å²) in [5.41, 5.74) is 18.5. The molecule has 0 saturated heterocycles. The first-order valence-corrected chi connectivity index (χ1v) is 20.2. The second-order valence-electron chi connectivity index (χ2n) is 16.9. The molecule has 2 heterocycles. The fraction of sp³-hybridized carbons (Fsp3) is 0.192. The van der Waals surface area contributed by atoms with Crippen LogP contribution < -0.4 is 4.90 Å². The second-order valence-corrected chi connectivity index (χ2v) is 16.9. The molecule has 1 saturated carbocycles. The lowest BCUT2D eigenvalue weighted by Crippen LogP contribution is -2.45. The maximum Gasteiger partial charge on any atom is 0.135 e. The minimum absolute atomic E-state index is 0.340. The molecule has 3 nitrogen and oxygen atoms in total. The molecule has 4 aromatic carbocycles. The maximum atomic E-state index is 6.54. The summed E-state index contributed by atoms with van der Waals surface area (Å²) in [6, 6.07) is 34.1. The van der Waals surface area contributed by atoms with E-state index < -0.39 is 5.54 Å². The summed E-state index contributed by atoms with van der Waals surface area (Å²) in [6.45, 7) is 2.47. The fourth-order valence-corrected chi connectivity index (χ4v) is 11.4. The van der Waals surface area contributed by atoms with Crippen molar-refractivity contribution in [2.24, 2.45) is 11.8 Å². The van der Waals surface area contributed by atoms with Crippen LogP contribution in [0.15, 0.2) is 161 Å². The molecule has 0 amide bonds. The van der Waals surface area contributed by atoms with Gasteiger partial charge in [-0.15, -0.1) is 0 Å². The van der Waals surface area contributed by atoms with Gasteiger partial charge in [0.25, 0.3) is 0 Å². The van der Waals surface area contributed by atoms with Gasteiger partial charge in [0, 0.05) is 68.5 Å². The highest BCUT2D eigenvalue weighted by atomic mass is 16.3. The number of benzene rings is 4. The molecular formula is C52H40N2O. The van der Waals surface area contributed by atoms with Crippen molar-refractivity contribution in [3.8, 4) is 5.69 Å². The number of furan rings is 1. The zero-order chi connectivity index (χ0) is 36.0. The topological polar surface area (TPSA) is 21.3 Å². The Hall–Kier alpha value is -6.06. The third-order valence-electron chi connectivity index (χ3n) is 13.8. The molecule has 7 aliphatic rings. The molecule has 55 heavy (non-hydrogen) atoms. The molecule has 264 valence electrons. The van der Waals surface area contributed by atoms with Crippen molar-refractivity contribution >= 4 is 51.0 Å². The van der Waals surface area contributed by atoms with Crippen LogP contribution in [0.4, 0.5) is 11.4 Å². The third kappa shape index (κ3) is 4.11. The van der Waals surface area contributed by atoms with E-state index in [1.165, 1.54) is 84.4 Å². The minimum Gasteiger partial charge on any atom is -0.456 e. The van der Waals surface area contributed by atoms with E-state index in [9.17, 15) is 0 Å². The van der Waals surface area contributed by atoms with Crippen LogP contribution in [-0.2, 0) is 6.42 Å². The third-order valence-corrected chi connectivity index (χ3v) is 13.8. The fourth-order valence-electron chi connectivity index (χ4n) is 11.4. The number of para-hydroxylation sites is 2. The largest absolute Gasteiger partial charge is 0.456 e. The Balaban J connectivity index is 1.07. The number of hydrogen-bond donors (Lipinski definition) is 0. The van der Waals surface area contributed by atoms with Crippen LogP contribution in [0.2, 0.25) is 0 Å². The van der Waals surface area contributed by atoms with Gasteiger partial charge in [-0.3, -0.25) is 0 Å². The van der Waals surface area contributed by atoms with Crippen molar-refractivity contribution < 1.29 is 4.42 Å². The predicted octanol–water partition coefficient (Wildman–Crippen LogP) is 12.9. The molecule has 5 unspecified atom stereocenters. The summed E-state index contributed by atoms with van der Waals surface area (Å²) >= 11 is 0. The van der Waals surface area contributed by atoms with Crippen molar-refractivity contribution in [3.63, 3.8) is 0 Å². The van der Waals surface area contributed by atoms with Crippen LogP contribution in [0.5, 0.6) is 0 Å². The summed E-state index contributed by atoms with van der Waals surface area (Å²) in [7, 11) is 0.